The van der Waals surface area contributed by atoms with Crippen molar-refractivity contribution in [2.75, 3.05) is 20.3 Å². The van der Waals surface area contributed by atoms with Crippen LogP contribution in [0.1, 0.15) is 76.0 Å². The van der Waals surface area contributed by atoms with Crippen LogP contribution in [-0.2, 0) is 38.0 Å². The second-order valence-corrected chi connectivity index (χ2v) is 16.5. The number of furan rings is 1. The van der Waals surface area contributed by atoms with Crippen molar-refractivity contribution >= 4 is 5.78 Å². The molecule has 0 amide bonds. The number of rotatable bonds is 10. The highest BCUT2D eigenvalue weighted by Gasteiger charge is 2.54. The number of aliphatic hydroxyl groups is 7. The molecule has 6 aliphatic rings. The number of fused-ring (bicyclic) bond motifs is 3. The maximum absolute atomic E-state index is 13.8. The van der Waals surface area contributed by atoms with Crippen LogP contribution in [0.15, 0.2) is 28.4 Å². The topological polar surface area (TPSA) is 236 Å². The molecule has 3 aliphatic heterocycles. The first-order valence-electron chi connectivity index (χ1n) is 19.6. The SMILES string of the molecule is CO[C@@H]1C[C@H](O[C@H]2CC[C@@]3(C)C(=CC[C@H]4C(=O)[C@@H](c5ccoc5C)CC[C@@H]43)C2)O[C@H](C)[C@H]1O[C@@H]1O[C@H](CO[C@@H]2O[C@H](CO)[C@@H](O)[C@H](O)[C@H]2O)[C@@H](O)[C@H](O)[C@H]1O. The molecule has 3 aliphatic carbocycles. The van der Waals surface area contributed by atoms with Gasteiger partial charge in [0.1, 0.15) is 66.5 Å². The Morgan fingerprint density at radius 2 is 1.60 bits per heavy atom. The number of Topliss-reactive ketones (excluding diaryl/α,β-unsaturated/α-hetero) is 1. The number of carbonyl (C=O) groups excluding carboxylic acids is 1. The molecule has 5 fully saturated rings. The van der Waals surface area contributed by atoms with E-state index in [1.165, 1.54) is 12.7 Å². The van der Waals surface area contributed by atoms with Crippen LogP contribution in [0.2, 0.25) is 0 Å². The second kappa shape index (κ2) is 16.8. The first-order chi connectivity index (χ1) is 26.2. The lowest BCUT2D eigenvalue weighted by Crippen LogP contribution is -2.63. The summed E-state index contributed by atoms with van der Waals surface area (Å²) in [5, 5.41) is 72.2. The average molecular weight is 783 g/mol. The molecule has 19 atom stereocenters. The molecular formula is C39H58O16. The number of hydrogen-bond acceptors (Lipinski definition) is 16. The van der Waals surface area contributed by atoms with Crippen LogP contribution >= 0.6 is 0 Å². The van der Waals surface area contributed by atoms with Crippen molar-refractivity contribution in [3.8, 4) is 0 Å². The Labute approximate surface area is 320 Å². The average Bonchev–Trinajstić information content (AvgIpc) is 3.60. The van der Waals surface area contributed by atoms with Gasteiger partial charge in [-0.2, -0.15) is 0 Å². The summed E-state index contributed by atoms with van der Waals surface area (Å²) in [6.07, 6.45) is -8.69. The number of ether oxygens (including phenoxy) is 7. The van der Waals surface area contributed by atoms with Crippen LogP contribution in [0.4, 0.5) is 0 Å². The molecule has 0 unspecified atom stereocenters. The largest absolute Gasteiger partial charge is 0.469 e. The van der Waals surface area contributed by atoms with E-state index in [2.05, 4.69) is 13.0 Å². The first kappa shape index (κ1) is 41.3. The van der Waals surface area contributed by atoms with Gasteiger partial charge in [0, 0.05) is 30.9 Å². The zero-order valence-corrected chi connectivity index (χ0v) is 31.8. The number of carbonyl (C=O) groups is 1. The first-order valence-corrected chi connectivity index (χ1v) is 19.6. The van der Waals surface area contributed by atoms with E-state index in [9.17, 15) is 40.5 Å². The lowest BCUT2D eigenvalue weighted by Gasteiger charge is -2.53. The van der Waals surface area contributed by atoms with Gasteiger partial charge in [-0.25, -0.2) is 0 Å². The fraction of sp³-hybridized carbons (Fsp3) is 0.821. The molecule has 16 heteroatoms. The van der Waals surface area contributed by atoms with E-state index in [1.807, 2.05) is 13.0 Å². The van der Waals surface area contributed by atoms with Gasteiger partial charge in [0.05, 0.1) is 37.8 Å². The molecule has 0 bridgehead atoms. The molecule has 0 radical (unpaired) electrons. The molecule has 1 aromatic rings. The summed E-state index contributed by atoms with van der Waals surface area (Å²) in [6, 6.07) is 1.94. The lowest BCUT2D eigenvalue weighted by molar-refractivity contribution is -0.354. The zero-order valence-electron chi connectivity index (χ0n) is 31.8. The van der Waals surface area contributed by atoms with E-state index in [0.29, 0.717) is 18.1 Å². The van der Waals surface area contributed by atoms with Crippen molar-refractivity contribution in [1.82, 2.24) is 0 Å². The van der Waals surface area contributed by atoms with Crippen LogP contribution in [0.5, 0.6) is 0 Å². The van der Waals surface area contributed by atoms with Gasteiger partial charge in [-0.15, -0.1) is 0 Å². The van der Waals surface area contributed by atoms with E-state index in [1.54, 1.807) is 13.2 Å². The van der Waals surface area contributed by atoms with Crippen LogP contribution in [0.3, 0.4) is 0 Å². The smallest absolute Gasteiger partial charge is 0.187 e. The number of ketones is 1. The van der Waals surface area contributed by atoms with Crippen molar-refractivity contribution in [1.29, 1.82) is 0 Å². The monoisotopic (exact) mass is 782 g/mol. The minimum Gasteiger partial charge on any atom is -0.469 e. The van der Waals surface area contributed by atoms with Crippen LogP contribution < -0.4 is 0 Å². The van der Waals surface area contributed by atoms with Gasteiger partial charge in [0.25, 0.3) is 0 Å². The Kier molecular flexibility index (Phi) is 12.6. The predicted octanol–water partition coefficient (Wildman–Crippen LogP) is 0.332. The van der Waals surface area contributed by atoms with E-state index in [0.717, 1.165) is 49.8 Å². The van der Waals surface area contributed by atoms with Gasteiger partial charge in [0.2, 0.25) is 0 Å². The fourth-order valence-electron chi connectivity index (χ4n) is 10.0. The molecule has 4 heterocycles. The number of allylic oxidation sites excluding steroid dienone is 1. The van der Waals surface area contributed by atoms with Crippen molar-refractivity contribution in [2.45, 2.75) is 164 Å². The van der Waals surface area contributed by atoms with Crippen molar-refractivity contribution in [2.24, 2.45) is 17.3 Å². The van der Waals surface area contributed by atoms with Gasteiger partial charge >= 0.3 is 0 Å². The summed E-state index contributed by atoms with van der Waals surface area (Å²) in [4.78, 5) is 13.8. The minimum absolute atomic E-state index is 0.00230. The zero-order chi connectivity index (χ0) is 39.3. The highest BCUT2D eigenvalue weighted by molar-refractivity contribution is 5.89. The molecule has 2 saturated carbocycles. The van der Waals surface area contributed by atoms with Gasteiger partial charge in [0.15, 0.2) is 18.9 Å². The Hall–Kier alpha value is -1.87. The Bertz CT molecular complexity index is 1500. The summed E-state index contributed by atoms with van der Waals surface area (Å²) in [7, 11) is 1.53. The van der Waals surface area contributed by atoms with Gasteiger partial charge < -0.3 is 73.3 Å². The predicted molar refractivity (Wildman–Crippen MR) is 188 cm³/mol. The van der Waals surface area contributed by atoms with E-state index < -0.39 is 99.2 Å². The summed E-state index contributed by atoms with van der Waals surface area (Å²) in [5.41, 5.74) is 2.30. The number of aliphatic hydroxyl groups excluding tert-OH is 7. The summed E-state index contributed by atoms with van der Waals surface area (Å²) >= 11 is 0. The molecule has 7 rings (SSSR count). The van der Waals surface area contributed by atoms with E-state index in [-0.39, 0.29) is 23.4 Å². The molecule has 310 valence electrons. The fourth-order valence-corrected chi connectivity index (χ4v) is 10.0. The van der Waals surface area contributed by atoms with Crippen LogP contribution in [0, 0.1) is 24.2 Å². The third-order valence-electron chi connectivity index (χ3n) is 13.3. The van der Waals surface area contributed by atoms with Crippen molar-refractivity contribution in [3.63, 3.8) is 0 Å². The molecule has 0 aromatic carbocycles. The molecule has 7 N–H and O–H groups in total. The van der Waals surface area contributed by atoms with Gasteiger partial charge in [-0.05, 0) is 69.8 Å². The standard InChI is InChI=1S/C39H58O16/c1-17-21(10-12-49-17)22-7-8-24-23(29(22)41)6-5-19-13-20(9-11-39(19,24)3)52-28-14-25(48-4)36(18(2)51-28)55-38-35(47)33(45)31(43)27(54-38)16-50-37-34(46)32(44)30(42)26(15-40)53-37/h5,10,12,18,20,22-28,30-38,40,42-47H,6-9,11,13-16H2,1-4H3/t18-,20+,22-,23-,24+,25-,26-,27-,28+,30-,31-,32+,33+,34-,35-,36-,37-,38+,39+/m1/s1. The molecule has 0 spiro atoms. The highest BCUT2D eigenvalue weighted by atomic mass is 16.7. The molecule has 3 saturated heterocycles. The Morgan fingerprint density at radius 1 is 0.891 bits per heavy atom. The molecule has 55 heavy (non-hydrogen) atoms. The lowest BCUT2D eigenvalue weighted by atomic mass is 9.52. The summed E-state index contributed by atoms with van der Waals surface area (Å²) in [6.45, 7) is 4.89. The van der Waals surface area contributed by atoms with Crippen molar-refractivity contribution < 1.29 is 78.1 Å². The normalized spacial score (nSPS) is 47.8. The third kappa shape index (κ3) is 7.86. The molecule has 16 nitrogen and oxygen atoms in total. The third-order valence-corrected chi connectivity index (χ3v) is 13.3. The van der Waals surface area contributed by atoms with E-state index >= 15 is 0 Å². The van der Waals surface area contributed by atoms with E-state index in [4.69, 9.17) is 37.6 Å². The minimum atomic E-state index is -1.70. The second-order valence-electron chi connectivity index (χ2n) is 16.5. The molecular weight excluding hydrogens is 724 g/mol. The highest BCUT2D eigenvalue weighted by Crippen LogP contribution is 2.58. The number of methoxy groups -OCH3 is 1. The Morgan fingerprint density at radius 3 is 2.29 bits per heavy atom. The summed E-state index contributed by atoms with van der Waals surface area (Å²) < 4.78 is 47.2. The van der Waals surface area contributed by atoms with Gasteiger partial charge in [-0.3, -0.25) is 4.79 Å². The Balaban J connectivity index is 0.940. The van der Waals surface area contributed by atoms with Crippen LogP contribution in [0.25, 0.3) is 0 Å². The maximum atomic E-state index is 13.8. The van der Waals surface area contributed by atoms with Crippen LogP contribution in [-0.4, -0.2) is 154 Å². The number of hydrogen-bond donors (Lipinski definition) is 7. The molecule has 1 aromatic heterocycles. The van der Waals surface area contributed by atoms with Crippen molar-refractivity contribution in [3.05, 3.63) is 35.3 Å². The van der Waals surface area contributed by atoms with Gasteiger partial charge in [-0.1, -0.05) is 18.6 Å². The maximum Gasteiger partial charge on any atom is 0.187 e. The summed E-state index contributed by atoms with van der Waals surface area (Å²) in [5.74, 6) is 1.35. The number of aryl methyl sites for hydroxylation is 1. The quantitative estimate of drug-likeness (QED) is 0.158.